The second kappa shape index (κ2) is 2.53. The monoisotopic (exact) mass is 171 g/mol. The lowest BCUT2D eigenvalue weighted by Gasteiger charge is -1.94. The van der Waals surface area contributed by atoms with Gasteiger partial charge in [0.1, 0.15) is 11.8 Å². The van der Waals surface area contributed by atoms with Gasteiger partial charge in [-0.1, -0.05) is 18.2 Å². The van der Waals surface area contributed by atoms with Gasteiger partial charge >= 0.3 is 0 Å². The van der Waals surface area contributed by atoms with Crippen LogP contribution in [0.4, 0.5) is 5.69 Å². The molecule has 0 bridgehead atoms. The first-order valence-corrected chi connectivity index (χ1v) is 3.98. The summed E-state index contributed by atoms with van der Waals surface area (Å²) in [6, 6.07) is 9.81. The van der Waals surface area contributed by atoms with Crippen LogP contribution < -0.4 is 5.73 Å². The largest absolute Gasteiger partial charge is 0.396 e. The van der Waals surface area contributed by atoms with Crippen molar-refractivity contribution in [3.63, 3.8) is 0 Å². The summed E-state index contributed by atoms with van der Waals surface area (Å²) in [5.41, 5.74) is 7.90. The maximum absolute atomic E-state index is 8.85. The molecular weight excluding hydrogens is 162 g/mol. The van der Waals surface area contributed by atoms with E-state index in [9.17, 15) is 0 Å². The number of nitriles is 1. The summed E-state index contributed by atoms with van der Waals surface area (Å²) < 4.78 is 1.81. The van der Waals surface area contributed by atoms with Crippen molar-refractivity contribution in [2.45, 2.75) is 0 Å². The molecule has 2 N–H and O–H groups in total. The fourth-order valence-corrected chi connectivity index (χ4v) is 1.56. The number of fused-ring (bicyclic) bond motifs is 1. The van der Waals surface area contributed by atoms with Crippen molar-refractivity contribution in [2.24, 2.45) is 7.05 Å². The number of nitrogens with two attached hydrogens (primary N) is 1. The number of aryl methyl sites for hydroxylation is 1. The molecule has 0 aliphatic heterocycles. The summed E-state index contributed by atoms with van der Waals surface area (Å²) in [5, 5.41) is 9.80. The number of anilines is 1. The Kier molecular flexibility index (Phi) is 1.49. The van der Waals surface area contributed by atoms with Gasteiger partial charge in [-0.2, -0.15) is 5.26 Å². The third kappa shape index (κ3) is 0.890. The van der Waals surface area contributed by atoms with E-state index in [0.717, 1.165) is 10.9 Å². The minimum absolute atomic E-state index is 0.529. The first-order chi connectivity index (χ1) is 6.25. The highest BCUT2D eigenvalue weighted by molar-refractivity contribution is 5.95. The fourth-order valence-electron chi connectivity index (χ4n) is 1.56. The van der Waals surface area contributed by atoms with Crippen LogP contribution in [-0.2, 0) is 7.05 Å². The quantitative estimate of drug-likeness (QED) is 0.655. The van der Waals surface area contributed by atoms with Crippen molar-refractivity contribution in [3.05, 3.63) is 30.0 Å². The zero-order valence-corrected chi connectivity index (χ0v) is 7.28. The predicted molar refractivity (Wildman–Crippen MR) is 52.0 cm³/mol. The molecule has 0 aliphatic rings. The summed E-state index contributed by atoms with van der Waals surface area (Å²) >= 11 is 0. The van der Waals surface area contributed by atoms with Crippen molar-refractivity contribution in [1.82, 2.24) is 4.57 Å². The number of rotatable bonds is 0. The van der Waals surface area contributed by atoms with Gasteiger partial charge in [-0.05, 0) is 6.07 Å². The van der Waals surface area contributed by atoms with Crippen LogP contribution in [0.3, 0.4) is 0 Å². The molecule has 0 fully saturated rings. The molecule has 1 aromatic carbocycles. The normalized spacial score (nSPS) is 10.2. The second-order valence-corrected chi connectivity index (χ2v) is 2.95. The highest BCUT2D eigenvalue weighted by Gasteiger charge is 2.10. The van der Waals surface area contributed by atoms with Crippen LogP contribution in [0.2, 0.25) is 0 Å². The minimum Gasteiger partial charge on any atom is -0.396 e. The molecule has 1 heterocycles. The summed E-state index contributed by atoms with van der Waals surface area (Å²) in [6.07, 6.45) is 0. The van der Waals surface area contributed by atoms with E-state index in [1.165, 1.54) is 0 Å². The molecule has 2 aromatic rings. The average Bonchev–Trinajstić information content (AvgIpc) is 2.41. The van der Waals surface area contributed by atoms with Crippen LogP contribution in [0, 0.1) is 11.3 Å². The topological polar surface area (TPSA) is 54.7 Å². The Hall–Kier alpha value is -1.95. The van der Waals surface area contributed by atoms with Crippen molar-refractivity contribution >= 4 is 16.6 Å². The molecule has 0 saturated heterocycles. The molecule has 64 valence electrons. The van der Waals surface area contributed by atoms with E-state index in [1.54, 1.807) is 0 Å². The molecule has 0 radical (unpaired) electrons. The average molecular weight is 171 g/mol. The number of aromatic nitrogens is 1. The summed E-state index contributed by atoms with van der Waals surface area (Å²) in [5.74, 6) is 0. The van der Waals surface area contributed by atoms with Gasteiger partial charge in [0.05, 0.1) is 11.2 Å². The molecule has 0 saturated carbocycles. The van der Waals surface area contributed by atoms with E-state index in [-0.39, 0.29) is 0 Å². The number of hydrogen-bond donors (Lipinski definition) is 1. The summed E-state index contributed by atoms with van der Waals surface area (Å²) in [4.78, 5) is 0. The van der Waals surface area contributed by atoms with Gasteiger partial charge in [-0.3, -0.25) is 0 Å². The van der Waals surface area contributed by atoms with Crippen LogP contribution in [0.1, 0.15) is 5.69 Å². The minimum atomic E-state index is 0.529. The molecule has 3 nitrogen and oxygen atoms in total. The van der Waals surface area contributed by atoms with Crippen LogP contribution in [0.25, 0.3) is 10.9 Å². The zero-order chi connectivity index (χ0) is 9.42. The van der Waals surface area contributed by atoms with Gasteiger partial charge in [0.15, 0.2) is 0 Å². The smallest absolute Gasteiger partial charge is 0.144 e. The van der Waals surface area contributed by atoms with Gasteiger partial charge < -0.3 is 10.3 Å². The third-order valence-electron chi connectivity index (χ3n) is 2.25. The van der Waals surface area contributed by atoms with E-state index >= 15 is 0 Å². The van der Waals surface area contributed by atoms with Gasteiger partial charge in [0.25, 0.3) is 0 Å². The Balaban J connectivity index is 2.99. The summed E-state index contributed by atoms with van der Waals surface area (Å²) in [6.45, 7) is 0. The Labute approximate surface area is 76.0 Å². The zero-order valence-electron chi connectivity index (χ0n) is 7.28. The molecule has 0 spiro atoms. The third-order valence-corrected chi connectivity index (χ3v) is 2.25. The second-order valence-electron chi connectivity index (χ2n) is 2.95. The molecular formula is C10H9N3. The molecule has 0 aliphatic carbocycles. The standard InChI is InChI=1S/C10H9N3/c1-13-8-5-3-2-4-7(8)10(12)9(13)6-11/h2-5H,12H2,1H3. The predicted octanol–water partition coefficient (Wildman–Crippen LogP) is 1.63. The van der Waals surface area contributed by atoms with Gasteiger partial charge in [-0.25, -0.2) is 0 Å². The number of hydrogen-bond acceptors (Lipinski definition) is 2. The van der Waals surface area contributed by atoms with Gasteiger partial charge in [-0.15, -0.1) is 0 Å². The van der Waals surface area contributed by atoms with Crippen LogP contribution in [-0.4, -0.2) is 4.57 Å². The van der Waals surface area contributed by atoms with Crippen LogP contribution in [0.5, 0.6) is 0 Å². The first-order valence-electron chi connectivity index (χ1n) is 3.98. The number of para-hydroxylation sites is 1. The van der Waals surface area contributed by atoms with E-state index in [0.29, 0.717) is 11.4 Å². The van der Waals surface area contributed by atoms with Crippen LogP contribution >= 0.6 is 0 Å². The summed E-state index contributed by atoms with van der Waals surface area (Å²) in [7, 11) is 1.84. The molecule has 0 amide bonds. The Morgan fingerprint density at radius 1 is 1.38 bits per heavy atom. The van der Waals surface area contributed by atoms with Crippen LogP contribution in [0.15, 0.2) is 24.3 Å². The Bertz CT molecular complexity index is 464. The lowest BCUT2D eigenvalue weighted by atomic mass is 10.2. The number of nitrogens with zero attached hydrogens (tertiary/aromatic N) is 2. The Morgan fingerprint density at radius 2 is 2.08 bits per heavy atom. The molecule has 1 aromatic heterocycles. The lowest BCUT2D eigenvalue weighted by molar-refractivity contribution is 0.949. The van der Waals surface area contributed by atoms with E-state index in [1.807, 2.05) is 35.9 Å². The Morgan fingerprint density at radius 3 is 2.69 bits per heavy atom. The van der Waals surface area contributed by atoms with Gasteiger partial charge in [0.2, 0.25) is 0 Å². The van der Waals surface area contributed by atoms with Crippen molar-refractivity contribution in [3.8, 4) is 6.07 Å². The number of benzene rings is 1. The SMILES string of the molecule is Cn1c(C#N)c(N)c2ccccc21. The molecule has 2 rings (SSSR count). The highest BCUT2D eigenvalue weighted by Crippen LogP contribution is 2.26. The van der Waals surface area contributed by atoms with E-state index in [2.05, 4.69) is 6.07 Å². The van der Waals surface area contributed by atoms with Crippen molar-refractivity contribution in [2.75, 3.05) is 5.73 Å². The fraction of sp³-hybridized carbons (Fsp3) is 0.100. The first kappa shape index (κ1) is 7.69. The molecule has 0 atom stereocenters. The maximum atomic E-state index is 8.85. The highest BCUT2D eigenvalue weighted by atomic mass is 15.0. The molecule has 13 heavy (non-hydrogen) atoms. The lowest BCUT2D eigenvalue weighted by Crippen LogP contribution is -1.93. The molecule has 3 heteroatoms. The number of nitrogen functional groups attached to an aromatic ring is 1. The van der Waals surface area contributed by atoms with E-state index < -0.39 is 0 Å². The van der Waals surface area contributed by atoms with Gasteiger partial charge in [0, 0.05) is 12.4 Å². The van der Waals surface area contributed by atoms with E-state index in [4.69, 9.17) is 11.0 Å². The van der Waals surface area contributed by atoms with Crippen molar-refractivity contribution < 1.29 is 0 Å². The molecule has 0 unspecified atom stereocenters. The maximum Gasteiger partial charge on any atom is 0.144 e. The van der Waals surface area contributed by atoms with Crippen molar-refractivity contribution in [1.29, 1.82) is 5.26 Å².